The van der Waals surface area contributed by atoms with Crippen LogP contribution in [0.3, 0.4) is 0 Å². The summed E-state index contributed by atoms with van der Waals surface area (Å²) < 4.78 is 0. The Balaban J connectivity index is 3.48. The maximum Gasteiger partial charge on any atom is 0.336 e. The molecule has 1 aromatic rings. The Labute approximate surface area is 67.3 Å². The second-order valence-corrected chi connectivity index (χ2v) is 2.30. The van der Waals surface area contributed by atoms with Crippen molar-refractivity contribution in [1.82, 2.24) is 4.98 Å². The van der Waals surface area contributed by atoms with Crippen LogP contribution >= 0.6 is 0 Å². The number of aromatic amines is 1. The maximum atomic E-state index is 10.9. The molecule has 1 rings (SSSR count). The van der Waals surface area contributed by atoms with Crippen LogP contribution in [0.1, 0.15) is 16.1 Å². The number of hydrogen-bond donors (Lipinski definition) is 2. The van der Waals surface area contributed by atoms with Gasteiger partial charge in [-0.2, -0.15) is 0 Å². The van der Waals surface area contributed by atoms with Crippen molar-refractivity contribution in [3.8, 4) is 5.75 Å². The summed E-state index contributed by atoms with van der Waals surface area (Å²) >= 11 is 0. The molecule has 0 bridgehead atoms. The fourth-order valence-corrected chi connectivity index (χ4v) is 0.925. The number of carboxylic acids is 1. The molecule has 0 fully saturated rings. The lowest BCUT2D eigenvalue weighted by molar-refractivity contribution is -0.269. The molecule has 0 radical (unpaired) electrons. The van der Waals surface area contributed by atoms with Gasteiger partial charge in [-0.15, -0.1) is 0 Å². The van der Waals surface area contributed by atoms with E-state index in [1.165, 1.54) is 6.92 Å². The Hall–Kier alpha value is -1.78. The fourth-order valence-electron chi connectivity index (χ4n) is 0.925. The summed E-state index contributed by atoms with van der Waals surface area (Å²) in [5.74, 6) is -2.09. The van der Waals surface area contributed by atoms with Crippen LogP contribution in [0.15, 0.2) is 10.9 Å². The zero-order valence-electron chi connectivity index (χ0n) is 6.25. The van der Waals surface area contributed by atoms with Gasteiger partial charge in [0.05, 0.1) is 5.56 Å². The number of nitrogens with one attached hydrogen (secondary N) is 1. The Morgan fingerprint density at radius 2 is 2.25 bits per heavy atom. The van der Waals surface area contributed by atoms with E-state index in [0.717, 1.165) is 6.07 Å². The van der Waals surface area contributed by atoms with Crippen LogP contribution < -0.4 is 10.7 Å². The van der Waals surface area contributed by atoms with Gasteiger partial charge < -0.3 is 15.2 Å². The molecule has 0 aliphatic carbocycles. The van der Waals surface area contributed by atoms with E-state index in [-0.39, 0.29) is 11.3 Å². The molecule has 0 atom stereocenters. The standard InChI is InChI=1S/C7H7NO4/c1-3-6(7(11)12)4(9)2-5(10)8-3/h2H,1H3,(H,11,12)(H2,8,9,10)/p-1. The van der Waals surface area contributed by atoms with E-state index in [2.05, 4.69) is 4.98 Å². The van der Waals surface area contributed by atoms with Crippen molar-refractivity contribution in [1.29, 1.82) is 0 Å². The second kappa shape index (κ2) is 2.69. The summed E-state index contributed by atoms with van der Waals surface area (Å²) in [4.78, 5) is 23.3. The first-order valence-electron chi connectivity index (χ1n) is 3.16. The molecule has 1 heterocycles. The number of aryl methyl sites for hydroxylation is 1. The SMILES string of the molecule is Cc1[nH]c(=O)cc([O-])c1C(=O)O. The zero-order chi connectivity index (χ0) is 9.30. The Kier molecular flexibility index (Phi) is 1.86. The molecule has 1 aromatic heterocycles. The zero-order valence-corrected chi connectivity index (χ0v) is 6.25. The highest BCUT2D eigenvalue weighted by atomic mass is 16.4. The van der Waals surface area contributed by atoms with E-state index in [4.69, 9.17) is 5.11 Å². The lowest BCUT2D eigenvalue weighted by Gasteiger charge is -2.10. The van der Waals surface area contributed by atoms with E-state index in [1.54, 1.807) is 0 Å². The number of aromatic carboxylic acids is 1. The summed E-state index contributed by atoms with van der Waals surface area (Å²) in [7, 11) is 0. The van der Waals surface area contributed by atoms with Gasteiger partial charge >= 0.3 is 5.97 Å². The van der Waals surface area contributed by atoms with Gasteiger partial charge in [0.25, 0.3) is 0 Å². The lowest BCUT2D eigenvalue weighted by Crippen LogP contribution is -2.15. The van der Waals surface area contributed by atoms with E-state index >= 15 is 0 Å². The molecule has 0 aromatic carbocycles. The quantitative estimate of drug-likeness (QED) is 0.588. The average Bonchev–Trinajstić information content (AvgIpc) is 1.82. The van der Waals surface area contributed by atoms with E-state index < -0.39 is 17.3 Å². The topological polar surface area (TPSA) is 93.2 Å². The monoisotopic (exact) mass is 168 g/mol. The molecular weight excluding hydrogens is 162 g/mol. The minimum atomic E-state index is -1.33. The summed E-state index contributed by atoms with van der Waals surface area (Å²) in [6.07, 6.45) is 0. The van der Waals surface area contributed by atoms with Crippen LogP contribution in [0.4, 0.5) is 0 Å². The van der Waals surface area contributed by atoms with Crippen molar-refractivity contribution in [2.45, 2.75) is 6.92 Å². The molecule has 0 unspecified atom stereocenters. The van der Waals surface area contributed by atoms with Crippen molar-refractivity contribution in [2.75, 3.05) is 0 Å². The number of pyridine rings is 1. The number of aromatic nitrogens is 1. The highest BCUT2D eigenvalue weighted by molar-refractivity contribution is 5.91. The first-order valence-corrected chi connectivity index (χ1v) is 3.16. The van der Waals surface area contributed by atoms with Crippen molar-refractivity contribution < 1.29 is 15.0 Å². The first-order chi connectivity index (χ1) is 5.52. The van der Waals surface area contributed by atoms with Gasteiger partial charge in [-0.25, -0.2) is 4.79 Å². The Bertz CT molecular complexity index is 353. The minimum Gasteiger partial charge on any atom is -0.872 e. The normalized spacial score (nSPS) is 9.75. The molecule has 5 heteroatoms. The molecule has 0 aliphatic rings. The first kappa shape index (κ1) is 8.32. The van der Waals surface area contributed by atoms with Crippen LogP contribution in [0.2, 0.25) is 0 Å². The molecule has 0 amide bonds. The highest BCUT2D eigenvalue weighted by Crippen LogP contribution is 2.12. The molecule has 64 valence electrons. The van der Waals surface area contributed by atoms with E-state index in [1.807, 2.05) is 0 Å². The predicted molar refractivity (Wildman–Crippen MR) is 38.2 cm³/mol. The molecule has 0 saturated carbocycles. The number of rotatable bonds is 1. The molecule has 0 aliphatic heterocycles. The Morgan fingerprint density at radius 3 is 2.67 bits per heavy atom. The maximum absolute atomic E-state index is 10.9. The van der Waals surface area contributed by atoms with Crippen LogP contribution in [-0.4, -0.2) is 16.1 Å². The van der Waals surface area contributed by atoms with Gasteiger partial charge in [-0.05, 0) is 13.0 Å². The molecule has 0 saturated heterocycles. The summed E-state index contributed by atoms with van der Waals surface area (Å²) in [6, 6.07) is 0.719. The highest BCUT2D eigenvalue weighted by Gasteiger charge is 2.07. The Morgan fingerprint density at radius 1 is 1.67 bits per heavy atom. The van der Waals surface area contributed by atoms with Gasteiger partial charge in [0.1, 0.15) is 0 Å². The average molecular weight is 168 g/mol. The van der Waals surface area contributed by atoms with Crippen molar-refractivity contribution in [3.63, 3.8) is 0 Å². The van der Waals surface area contributed by atoms with Crippen LogP contribution in [0, 0.1) is 6.92 Å². The van der Waals surface area contributed by atoms with E-state index in [0.29, 0.717) is 0 Å². The van der Waals surface area contributed by atoms with Crippen molar-refractivity contribution >= 4 is 5.97 Å². The summed E-state index contributed by atoms with van der Waals surface area (Å²) in [6.45, 7) is 1.37. The second-order valence-electron chi connectivity index (χ2n) is 2.30. The summed E-state index contributed by atoms with van der Waals surface area (Å²) in [5.41, 5.74) is -0.878. The van der Waals surface area contributed by atoms with Crippen molar-refractivity contribution in [2.24, 2.45) is 0 Å². The van der Waals surface area contributed by atoms with Gasteiger partial charge in [0, 0.05) is 5.69 Å². The van der Waals surface area contributed by atoms with Gasteiger partial charge in [0.15, 0.2) is 0 Å². The molecule has 12 heavy (non-hydrogen) atoms. The number of hydrogen-bond acceptors (Lipinski definition) is 3. The molecule has 2 N–H and O–H groups in total. The predicted octanol–water partition coefficient (Wildman–Crippen LogP) is -0.545. The van der Waals surface area contributed by atoms with Gasteiger partial charge in [0.2, 0.25) is 5.56 Å². The third-order valence-electron chi connectivity index (χ3n) is 1.41. The van der Waals surface area contributed by atoms with Gasteiger partial charge in [-0.3, -0.25) is 4.79 Å². The van der Waals surface area contributed by atoms with Crippen LogP contribution in [-0.2, 0) is 0 Å². The smallest absolute Gasteiger partial charge is 0.336 e. The lowest BCUT2D eigenvalue weighted by atomic mass is 10.2. The summed E-state index contributed by atoms with van der Waals surface area (Å²) in [5, 5.41) is 19.4. The largest absolute Gasteiger partial charge is 0.872 e. The number of carbonyl (C=O) groups is 1. The fraction of sp³-hybridized carbons (Fsp3) is 0.143. The van der Waals surface area contributed by atoms with Crippen molar-refractivity contribution in [3.05, 3.63) is 27.7 Å². The minimum absolute atomic E-state index is 0.0833. The number of carboxylic acid groups (broad SMARTS) is 1. The molecule has 5 nitrogen and oxygen atoms in total. The molecule has 0 spiro atoms. The number of H-pyrrole nitrogens is 1. The third kappa shape index (κ3) is 1.29. The molecular formula is C7H6NO4-. The van der Waals surface area contributed by atoms with Crippen LogP contribution in [0.25, 0.3) is 0 Å². The van der Waals surface area contributed by atoms with Crippen LogP contribution in [0.5, 0.6) is 5.75 Å². The van der Waals surface area contributed by atoms with E-state index in [9.17, 15) is 14.7 Å². The van der Waals surface area contributed by atoms with Gasteiger partial charge in [-0.1, -0.05) is 5.75 Å². The third-order valence-corrected chi connectivity index (χ3v) is 1.41.